The van der Waals surface area contributed by atoms with Gasteiger partial charge in [-0.05, 0) is 67.6 Å². The smallest absolute Gasteiger partial charge is 0.426 e. The van der Waals surface area contributed by atoms with E-state index in [2.05, 4.69) is 26.8 Å². The zero-order valence-electron chi connectivity index (χ0n) is 22.4. The second kappa shape index (κ2) is 11.7. The number of pyridine rings is 1. The Labute approximate surface area is 239 Å². The van der Waals surface area contributed by atoms with Crippen LogP contribution in [0.15, 0.2) is 82.1 Å². The molecule has 1 heterocycles. The van der Waals surface area contributed by atoms with Gasteiger partial charge < -0.3 is 9.47 Å². The number of hydrogen-bond donors (Lipinski definition) is 2. The van der Waals surface area contributed by atoms with Crippen molar-refractivity contribution in [3.05, 3.63) is 104 Å². The maximum atomic E-state index is 13.7. The summed E-state index contributed by atoms with van der Waals surface area (Å²) < 4.78 is 12.4. The summed E-state index contributed by atoms with van der Waals surface area (Å²) >= 11 is 3.48. The number of halogens is 1. The Morgan fingerprint density at radius 3 is 2.20 bits per heavy atom. The Bertz CT molecular complexity index is 1640. The average molecular weight is 606 g/mol. The van der Waals surface area contributed by atoms with Gasteiger partial charge in [0, 0.05) is 21.0 Å². The minimum atomic E-state index is -0.787. The van der Waals surface area contributed by atoms with Crippen molar-refractivity contribution in [2.45, 2.75) is 32.9 Å². The lowest BCUT2D eigenvalue weighted by atomic mass is 9.96. The Hall–Kier alpha value is -4.44. The van der Waals surface area contributed by atoms with Crippen LogP contribution < -0.4 is 16.4 Å². The number of methoxy groups -OCH3 is 1. The maximum absolute atomic E-state index is 13.7. The summed E-state index contributed by atoms with van der Waals surface area (Å²) in [7, 11) is 1.27. The molecule has 3 aromatic carbocycles. The van der Waals surface area contributed by atoms with Crippen LogP contribution in [0.4, 0.5) is 4.79 Å². The van der Waals surface area contributed by atoms with Gasteiger partial charge in [-0.25, -0.2) is 15.0 Å². The highest BCUT2D eigenvalue weighted by Gasteiger charge is 2.24. The predicted molar refractivity (Wildman–Crippen MR) is 155 cm³/mol. The van der Waals surface area contributed by atoms with Gasteiger partial charge in [0.15, 0.2) is 0 Å². The highest BCUT2D eigenvalue weighted by molar-refractivity contribution is 9.10. The third-order valence-corrected chi connectivity index (χ3v) is 6.40. The van der Waals surface area contributed by atoms with Crippen molar-refractivity contribution in [2.75, 3.05) is 7.11 Å². The molecule has 0 radical (unpaired) electrons. The average Bonchev–Trinajstić information content (AvgIpc) is 2.92. The third kappa shape index (κ3) is 6.40. The van der Waals surface area contributed by atoms with E-state index in [4.69, 9.17) is 9.47 Å². The molecule has 4 rings (SSSR count). The second-order valence-electron chi connectivity index (χ2n) is 9.94. The quantitative estimate of drug-likeness (QED) is 0.231. The summed E-state index contributed by atoms with van der Waals surface area (Å²) in [6.07, 6.45) is -0.787. The van der Waals surface area contributed by atoms with Crippen LogP contribution >= 0.6 is 15.9 Å². The van der Waals surface area contributed by atoms with Crippen LogP contribution in [0.1, 0.15) is 47.2 Å². The number of carbonyl (C=O) groups is 3. The first-order valence-corrected chi connectivity index (χ1v) is 13.2. The number of amides is 2. The summed E-state index contributed by atoms with van der Waals surface area (Å²) in [5, 5.41) is 1.06. The molecule has 0 bridgehead atoms. The Morgan fingerprint density at radius 2 is 1.57 bits per heavy atom. The molecule has 2 amide bonds. The SMILES string of the molecule is COC(=O)c1c(-c2ccccc2)c2cc(Br)ccc2c(=O)n1Cc1ccc(C(=O)NNC(=O)OC(C)(C)C)cc1. The minimum Gasteiger partial charge on any atom is -0.464 e. The molecule has 0 aliphatic carbocycles. The third-order valence-electron chi connectivity index (χ3n) is 5.91. The van der Waals surface area contributed by atoms with Crippen LogP contribution in [0.5, 0.6) is 0 Å². The van der Waals surface area contributed by atoms with E-state index >= 15 is 0 Å². The summed E-state index contributed by atoms with van der Waals surface area (Å²) in [5.41, 5.74) is 5.83. The predicted octanol–water partition coefficient (Wildman–Crippen LogP) is 5.44. The van der Waals surface area contributed by atoms with Crippen molar-refractivity contribution < 1.29 is 23.9 Å². The van der Waals surface area contributed by atoms with Gasteiger partial charge in [-0.3, -0.25) is 19.6 Å². The summed E-state index contributed by atoms with van der Waals surface area (Å²) in [6.45, 7) is 5.18. The standard InChI is InChI=1S/C30H28BrN3O6/c1-30(2,3)40-29(38)33-32-26(35)20-12-10-18(11-13-20)17-34-25(28(37)39-4)24(19-8-6-5-7-9-19)23-16-21(31)14-15-22(23)27(34)36/h5-16H,17H2,1-4H3,(H,32,35)(H,33,38). The number of nitrogens with zero attached hydrogens (tertiary/aromatic N) is 1. The van der Waals surface area contributed by atoms with Crippen molar-refractivity contribution in [1.29, 1.82) is 0 Å². The van der Waals surface area contributed by atoms with E-state index in [0.717, 1.165) is 10.0 Å². The number of fused-ring (bicyclic) bond motifs is 1. The molecule has 0 atom stereocenters. The maximum Gasteiger partial charge on any atom is 0.426 e. The molecule has 40 heavy (non-hydrogen) atoms. The number of rotatable bonds is 5. The number of benzene rings is 3. The Balaban J connectivity index is 1.72. The number of esters is 1. The van der Waals surface area contributed by atoms with Gasteiger partial charge >= 0.3 is 12.1 Å². The van der Waals surface area contributed by atoms with Crippen molar-refractivity contribution in [1.82, 2.24) is 15.4 Å². The van der Waals surface area contributed by atoms with E-state index in [9.17, 15) is 19.2 Å². The van der Waals surface area contributed by atoms with Crippen molar-refractivity contribution in [3.63, 3.8) is 0 Å². The minimum absolute atomic E-state index is 0.0488. The van der Waals surface area contributed by atoms with E-state index < -0.39 is 23.6 Å². The summed E-state index contributed by atoms with van der Waals surface area (Å²) in [4.78, 5) is 51.2. The van der Waals surface area contributed by atoms with Crippen molar-refractivity contribution in [3.8, 4) is 11.1 Å². The van der Waals surface area contributed by atoms with E-state index in [1.54, 1.807) is 57.2 Å². The van der Waals surface area contributed by atoms with Gasteiger partial charge in [-0.2, -0.15) is 0 Å². The molecule has 0 saturated heterocycles. The van der Waals surface area contributed by atoms with Crippen LogP contribution in [0.25, 0.3) is 21.9 Å². The van der Waals surface area contributed by atoms with Crippen LogP contribution in [-0.2, 0) is 16.0 Å². The molecule has 10 heteroatoms. The molecule has 206 valence electrons. The van der Waals surface area contributed by atoms with E-state index in [0.29, 0.717) is 21.9 Å². The lowest BCUT2D eigenvalue weighted by Crippen LogP contribution is -2.44. The first-order chi connectivity index (χ1) is 19.0. The number of nitrogens with one attached hydrogen (secondary N) is 2. The zero-order chi connectivity index (χ0) is 29.0. The lowest BCUT2D eigenvalue weighted by molar-refractivity contribution is 0.0483. The molecule has 2 N–H and O–H groups in total. The fraction of sp³-hybridized carbons (Fsp3) is 0.200. The van der Waals surface area contributed by atoms with Crippen LogP contribution in [0, 0.1) is 0 Å². The van der Waals surface area contributed by atoms with Gasteiger partial charge in [0.2, 0.25) is 0 Å². The molecule has 4 aromatic rings. The molecule has 9 nitrogen and oxygen atoms in total. The van der Waals surface area contributed by atoms with Gasteiger partial charge in [-0.15, -0.1) is 0 Å². The van der Waals surface area contributed by atoms with Gasteiger partial charge in [0.1, 0.15) is 11.3 Å². The van der Waals surface area contributed by atoms with Crippen LogP contribution in [0.3, 0.4) is 0 Å². The van der Waals surface area contributed by atoms with Gasteiger partial charge in [0.25, 0.3) is 11.5 Å². The van der Waals surface area contributed by atoms with Gasteiger partial charge in [-0.1, -0.05) is 58.4 Å². The molecule has 0 saturated carbocycles. The van der Waals surface area contributed by atoms with Crippen LogP contribution in [-0.4, -0.2) is 35.2 Å². The first kappa shape index (κ1) is 28.6. The molecule has 0 fully saturated rings. The largest absolute Gasteiger partial charge is 0.464 e. The van der Waals surface area contributed by atoms with Crippen molar-refractivity contribution >= 4 is 44.7 Å². The van der Waals surface area contributed by atoms with Crippen LogP contribution in [0.2, 0.25) is 0 Å². The Kier molecular flexibility index (Phi) is 8.39. The number of carbonyl (C=O) groups excluding carboxylic acids is 3. The number of hydrogen-bond acceptors (Lipinski definition) is 6. The second-order valence-corrected chi connectivity index (χ2v) is 10.9. The molecule has 0 aliphatic rings. The monoisotopic (exact) mass is 605 g/mol. The number of ether oxygens (including phenoxy) is 2. The number of hydrazine groups is 1. The molecule has 1 aromatic heterocycles. The van der Waals surface area contributed by atoms with E-state index in [1.807, 2.05) is 36.4 Å². The zero-order valence-corrected chi connectivity index (χ0v) is 24.0. The van der Waals surface area contributed by atoms with E-state index in [1.165, 1.54) is 11.7 Å². The first-order valence-electron chi connectivity index (χ1n) is 12.4. The molecule has 0 unspecified atom stereocenters. The highest BCUT2D eigenvalue weighted by atomic mass is 79.9. The van der Waals surface area contributed by atoms with E-state index in [-0.39, 0.29) is 23.4 Å². The topological polar surface area (TPSA) is 116 Å². The van der Waals surface area contributed by atoms with Crippen molar-refractivity contribution in [2.24, 2.45) is 0 Å². The normalized spacial score (nSPS) is 11.1. The highest BCUT2D eigenvalue weighted by Crippen LogP contribution is 2.33. The molecular weight excluding hydrogens is 578 g/mol. The summed E-state index contributed by atoms with van der Waals surface area (Å²) in [6, 6.07) is 21.1. The number of aromatic nitrogens is 1. The van der Waals surface area contributed by atoms with Gasteiger partial charge in [0.05, 0.1) is 13.7 Å². The lowest BCUT2D eigenvalue weighted by Gasteiger charge is -2.20. The molecule has 0 aliphatic heterocycles. The fourth-order valence-electron chi connectivity index (χ4n) is 4.20. The fourth-order valence-corrected chi connectivity index (χ4v) is 4.56. The summed E-state index contributed by atoms with van der Waals surface area (Å²) in [5.74, 6) is -1.20. The molecular formula is C30H28BrN3O6. The Morgan fingerprint density at radius 1 is 0.900 bits per heavy atom. The molecule has 0 spiro atoms.